The summed E-state index contributed by atoms with van der Waals surface area (Å²) in [5, 5.41) is 5.39. The summed E-state index contributed by atoms with van der Waals surface area (Å²) in [4.78, 5) is 27.8. The van der Waals surface area contributed by atoms with Gasteiger partial charge >= 0.3 is 0 Å². The topological polar surface area (TPSA) is 80.3 Å². The van der Waals surface area contributed by atoms with E-state index in [-0.39, 0.29) is 11.8 Å². The molecule has 0 bridgehead atoms. The van der Waals surface area contributed by atoms with Crippen LogP contribution in [-0.2, 0) is 4.79 Å². The van der Waals surface area contributed by atoms with E-state index >= 15 is 0 Å². The predicted octanol–water partition coefficient (Wildman–Crippen LogP) is 2.05. The van der Waals surface area contributed by atoms with Crippen molar-refractivity contribution >= 4 is 23.3 Å². The summed E-state index contributed by atoms with van der Waals surface area (Å²) in [6, 6.07) is 10.1. The Morgan fingerprint density at radius 3 is 2.95 bits per heavy atom. The highest BCUT2D eigenvalue weighted by atomic mass is 16.5. The number of amides is 2. The molecule has 1 aliphatic rings. The Bertz CT molecular complexity index is 701. The van der Waals surface area contributed by atoms with Gasteiger partial charge < -0.3 is 15.4 Å². The molecule has 3 rings (SSSR count). The Morgan fingerprint density at radius 2 is 2.19 bits per heavy atom. The summed E-state index contributed by atoms with van der Waals surface area (Å²) < 4.78 is 5.44. The zero-order chi connectivity index (χ0) is 14.8. The maximum Gasteiger partial charge on any atom is 0.265 e. The van der Waals surface area contributed by atoms with Gasteiger partial charge in [-0.2, -0.15) is 0 Å². The number of carbonyl (C=O) groups excluding carboxylic acids is 2. The first-order chi connectivity index (χ1) is 10.1. The van der Waals surface area contributed by atoms with Gasteiger partial charge in [-0.15, -0.1) is 0 Å². The van der Waals surface area contributed by atoms with Crippen LogP contribution >= 0.6 is 0 Å². The molecule has 6 nitrogen and oxygen atoms in total. The molecule has 6 heteroatoms. The molecule has 2 aromatic rings. The molecule has 0 fully saturated rings. The first-order valence-corrected chi connectivity index (χ1v) is 6.47. The summed E-state index contributed by atoms with van der Waals surface area (Å²) >= 11 is 0. The van der Waals surface area contributed by atoms with Crippen molar-refractivity contribution in [2.45, 2.75) is 13.0 Å². The van der Waals surface area contributed by atoms with Crippen molar-refractivity contribution in [3.63, 3.8) is 0 Å². The van der Waals surface area contributed by atoms with Crippen LogP contribution in [-0.4, -0.2) is 22.9 Å². The standard InChI is InChI=1S/C15H13N3O3/c1-9-14(19)17-11-8-10(5-6-12(11)21-9)15(20)18-13-4-2-3-7-16-13/h2-9H,1H3,(H,17,19)(H,16,18,20). The first-order valence-electron chi connectivity index (χ1n) is 6.47. The minimum atomic E-state index is -0.536. The van der Waals surface area contributed by atoms with Gasteiger partial charge in [0.05, 0.1) is 5.69 Å². The van der Waals surface area contributed by atoms with Crippen molar-refractivity contribution in [1.29, 1.82) is 0 Å². The minimum Gasteiger partial charge on any atom is -0.479 e. The number of anilines is 2. The number of carbonyl (C=O) groups is 2. The fourth-order valence-electron chi connectivity index (χ4n) is 1.98. The Labute approximate surface area is 121 Å². The van der Waals surface area contributed by atoms with Crippen molar-refractivity contribution in [2.75, 3.05) is 10.6 Å². The first kappa shape index (κ1) is 13.1. The maximum atomic E-state index is 12.1. The third kappa shape index (κ3) is 2.69. The molecule has 1 unspecified atom stereocenters. The summed E-state index contributed by atoms with van der Waals surface area (Å²) in [5.41, 5.74) is 0.907. The lowest BCUT2D eigenvalue weighted by Gasteiger charge is -2.23. The van der Waals surface area contributed by atoms with Crippen LogP contribution in [0.4, 0.5) is 11.5 Å². The Hall–Kier alpha value is -2.89. The Balaban J connectivity index is 1.82. The van der Waals surface area contributed by atoms with Gasteiger partial charge in [-0.05, 0) is 37.3 Å². The number of ether oxygens (including phenoxy) is 1. The largest absolute Gasteiger partial charge is 0.479 e. The van der Waals surface area contributed by atoms with Crippen molar-refractivity contribution in [3.05, 3.63) is 48.2 Å². The maximum absolute atomic E-state index is 12.1. The highest BCUT2D eigenvalue weighted by molar-refractivity contribution is 6.06. The van der Waals surface area contributed by atoms with E-state index in [1.165, 1.54) is 0 Å². The number of rotatable bonds is 2. The number of nitrogens with one attached hydrogen (secondary N) is 2. The zero-order valence-corrected chi connectivity index (χ0v) is 11.3. The van der Waals surface area contributed by atoms with Crippen molar-refractivity contribution in [3.8, 4) is 5.75 Å². The Kier molecular flexibility index (Phi) is 3.27. The molecule has 0 saturated heterocycles. The van der Waals surface area contributed by atoms with E-state index < -0.39 is 6.10 Å². The van der Waals surface area contributed by atoms with E-state index in [1.54, 1.807) is 49.5 Å². The lowest BCUT2D eigenvalue weighted by molar-refractivity contribution is -0.122. The van der Waals surface area contributed by atoms with Crippen LogP contribution in [0.25, 0.3) is 0 Å². The molecule has 1 atom stereocenters. The molecule has 0 aliphatic carbocycles. The SMILES string of the molecule is CC1Oc2ccc(C(=O)Nc3ccccn3)cc2NC1=O. The number of aromatic nitrogens is 1. The van der Waals surface area contributed by atoms with Gasteiger partial charge in [0.15, 0.2) is 6.10 Å². The summed E-state index contributed by atoms with van der Waals surface area (Å²) in [6.45, 7) is 1.67. The second-order valence-electron chi connectivity index (χ2n) is 4.63. The van der Waals surface area contributed by atoms with Gasteiger partial charge in [0.1, 0.15) is 11.6 Å². The van der Waals surface area contributed by atoms with E-state index in [1.807, 2.05) is 0 Å². The summed E-state index contributed by atoms with van der Waals surface area (Å²) in [6.07, 6.45) is 1.06. The molecule has 2 heterocycles. The number of hydrogen-bond donors (Lipinski definition) is 2. The van der Waals surface area contributed by atoms with Crippen LogP contribution in [0, 0.1) is 0 Å². The van der Waals surface area contributed by atoms with Crippen LogP contribution < -0.4 is 15.4 Å². The van der Waals surface area contributed by atoms with E-state index in [2.05, 4.69) is 15.6 Å². The number of hydrogen-bond acceptors (Lipinski definition) is 4. The lowest BCUT2D eigenvalue weighted by atomic mass is 10.1. The summed E-state index contributed by atoms with van der Waals surface area (Å²) in [5.74, 6) is 0.486. The van der Waals surface area contributed by atoms with Crippen molar-refractivity contribution in [1.82, 2.24) is 4.98 Å². The lowest BCUT2D eigenvalue weighted by Crippen LogP contribution is -2.34. The van der Waals surface area contributed by atoms with Gasteiger partial charge in [0, 0.05) is 11.8 Å². The van der Waals surface area contributed by atoms with E-state index in [0.717, 1.165) is 0 Å². The van der Waals surface area contributed by atoms with Crippen molar-refractivity contribution < 1.29 is 14.3 Å². The molecule has 2 amide bonds. The van der Waals surface area contributed by atoms with Gasteiger partial charge in [-0.1, -0.05) is 6.07 Å². The number of pyridine rings is 1. The van der Waals surface area contributed by atoms with Crippen LogP contribution in [0.3, 0.4) is 0 Å². The molecule has 1 aromatic heterocycles. The molecule has 0 radical (unpaired) electrons. The molecular formula is C15H13N3O3. The quantitative estimate of drug-likeness (QED) is 0.884. The average Bonchev–Trinajstić information content (AvgIpc) is 2.49. The van der Waals surface area contributed by atoms with Gasteiger partial charge in [-0.3, -0.25) is 9.59 Å². The van der Waals surface area contributed by atoms with Crippen LogP contribution in [0.2, 0.25) is 0 Å². The van der Waals surface area contributed by atoms with Crippen LogP contribution in [0.15, 0.2) is 42.6 Å². The van der Waals surface area contributed by atoms with Crippen LogP contribution in [0.1, 0.15) is 17.3 Å². The van der Waals surface area contributed by atoms with Gasteiger partial charge in [-0.25, -0.2) is 4.98 Å². The smallest absolute Gasteiger partial charge is 0.265 e. The summed E-state index contributed by atoms with van der Waals surface area (Å²) in [7, 11) is 0. The van der Waals surface area contributed by atoms with Gasteiger partial charge in [0.2, 0.25) is 0 Å². The van der Waals surface area contributed by atoms with E-state index in [9.17, 15) is 9.59 Å². The predicted molar refractivity (Wildman–Crippen MR) is 77.4 cm³/mol. The highest BCUT2D eigenvalue weighted by Gasteiger charge is 2.24. The second-order valence-corrected chi connectivity index (χ2v) is 4.63. The normalized spacial score (nSPS) is 16.4. The highest BCUT2D eigenvalue weighted by Crippen LogP contribution is 2.30. The van der Waals surface area contributed by atoms with E-state index in [4.69, 9.17) is 4.74 Å². The molecule has 0 saturated carbocycles. The fraction of sp³-hybridized carbons (Fsp3) is 0.133. The molecule has 0 spiro atoms. The van der Waals surface area contributed by atoms with Crippen molar-refractivity contribution in [2.24, 2.45) is 0 Å². The number of fused-ring (bicyclic) bond motifs is 1. The molecule has 1 aromatic carbocycles. The fourth-order valence-corrected chi connectivity index (χ4v) is 1.98. The van der Waals surface area contributed by atoms with E-state index in [0.29, 0.717) is 22.8 Å². The molecule has 106 valence electrons. The number of nitrogens with zero attached hydrogens (tertiary/aromatic N) is 1. The molecule has 1 aliphatic heterocycles. The second kappa shape index (κ2) is 5.24. The third-order valence-electron chi connectivity index (χ3n) is 3.08. The number of benzene rings is 1. The van der Waals surface area contributed by atoms with Crippen LogP contribution in [0.5, 0.6) is 5.75 Å². The third-order valence-corrected chi connectivity index (χ3v) is 3.08. The minimum absolute atomic E-state index is 0.232. The molecular weight excluding hydrogens is 270 g/mol. The Morgan fingerprint density at radius 1 is 1.33 bits per heavy atom. The molecule has 21 heavy (non-hydrogen) atoms. The molecule has 2 N–H and O–H groups in total. The average molecular weight is 283 g/mol. The monoisotopic (exact) mass is 283 g/mol. The zero-order valence-electron chi connectivity index (χ0n) is 11.3. The van der Waals surface area contributed by atoms with Gasteiger partial charge in [0.25, 0.3) is 11.8 Å².